The van der Waals surface area contributed by atoms with Crippen LogP contribution in [0.25, 0.3) is 0 Å². The fourth-order valence-electron chi connectivity index (χ4n) is 2.07. The number of carbonyl (C=O) groups is 2. The summed E-state index contributed by atoms with van der Waals surface area (Å²) < 4.78 is 10.2. The number of aliphatic hydroxyl groups is 1. The molecule has 5 nitrogen and oxygen atoms in total. The van der Waals surface area contributed by atoms with Crippen LogP contribution in [0.2, 0.25) is 0 Å². The highest BCUT2D eigenvalue weighted by atomic mass is 16.6. The molecule has 0 bridgehead atoms. The van der Waals surface area contributed by atoms with E-state index >= 15 is 0 Å². The van der Waals surface area contributed by atoms with Gasteiger partial charge in [0.2, 0.25) is 5.78 Å². The van der Waals surface area contributed by atoms with Gasteiger partial charge < -0.3 is 14.6 Å². The molecule has 1 aliphatic carbocycles. The molecule has 0 atom stereocenters. The quantitative estimate of drug-likeness (QED) is 0.273. The maximum Gasteiger partial charge on any atom is 0.330 e. The van der Waals surface area contributed by atoms with Crippen LogP contribution in [0.5, 0.6) is 0 Å². The number of hydrogen-bond acceptors (Lipinski definition) is 5. The van der Waals surface area contributed by atoms with Crippen molar-refractivity contribution >= 4 is 11.8 Å². The van der Waals surface area contributed by atoms with Crippen LogP contribution in [0, 0.1) is 0 Å². The lowest BCUT2D eigenvalue weighted by Crippen LogP contribution is -2.37. The van der Waals surface area contributed by atoms with E-state index in [2.05, 4.69) is 6.58 Å². The Bertz CT molecular complexity index is 616. The molecular formula is C18H18O5. The van der Waals surface area contributed by atoms with E-state index in [1.807, 2.05) is 0 Å². The molecule has 1 aromatic carbocycles. The predicted octanol–water partition coefficient (Wildman–Crippen LogP) is 1.84. The SMILES string of the molecule is C=CC(=O)OCCOC1C=CC(O)(C(=O)c2ccccc2)C=C1. The van der Waals surface area contributed by atoms with Gasteiger partial charge in [0.25, 0.3) is 0 Å². The van der Waals surface area contributed by atoms with Crippen LogP contribution >= 0.6 is 0 Å². The summed E-state index contributed by atoms with van der Waals surface area (Å²) in [5, 5.41) is 10.4. The number of ether oxygens (including phenoxy) is 2. The van der Waals surface area contributed by atoms with Crippen molar-refractivity contribution in [1.82, 2.24) is 0 Å². The third-order valence-corrected chi connectivity index (χ3v) is 3.28. The third kappa shape index (κ3) is 4.48. The van der Waals surface area contributed by atoms with Crippen LogP contribution < -0.4 is 0 Å². The molecule has 0 saturated carbocycles. The highest BCUT2D eigenvalue weighted by molar-refractivity contribution is 6.05. The molecule has 0 radical (unpaired) electrons. The largest absolute Gasteiger partial charge is 0.460 e. The van der Waals surface area contributed by atoms with Gasteiger partial charge in [0.15, 0.2) is 5.60 Å². The highest BCUT2D eigenvalue weighted by Gasteiger charge is 2.33. The number of benzene rings is 1. The molecule has 2 rings (SSSR count). The molecular weight excluding hydrogens is 296 g/mol. The molecule has 0 aromatic heterocycles. The summed E-state index contributed by atoms with van der Waals surface area (Å²) in [6.45, 7) is 3.59. The molecule has 0 amide bonds. The molecule has 120 valence electrons. The monoisotopic (exact) mass is 314 g/mol. The van der Waals surface area contributed by atoms with Crippen LogP contribution in [0.3, 0.4) is 0 Å². The summed E-state index contributed by atoms with van der Waals surface area (Å²) in [6, 6.07) is 8.58. The summed E-state index contributed by atoms with van der Waals surface area (Å²) >= 11 is 0. The van der Waals surface area contributed by atoms with Crippen LogP contribution in [-0.4, -0.2) is 41.8 Å². The first-order valence-corrected chi connectivity index (χ1v) is 7.17. The molecule has 0 aliphatic heterocycles. The zero-order chi connectivity index (χ0) is 16.7. The Kier molecular flexibility index (Phi) is 5.62. The van der Waals surface area contributed by atoms with Gasteiger partial charge in [-0.25, -0.2) is 4.79 Å². The molecule has 1 N–H and O–H groups in total. The van der Waals surface area contributed by atoms with Gasteiger partial charge in [-0.05, 0) is 12.2 Å². The molecule has 23 heavy (non-hydrogen) atoms. The highest BCUT2D eigenvalue weighted by Crippen LogP contribution is 2.22. The first kappa shape index (κ1) is 16.9. The summed E-state index contributed by atoms with van der Waals surface area (Å²) in [5.41, 5.74) is -1.24. The molecule has 0 heterocycles. The molecule has 0 saturated heterocycles. The summed E-state index contributed by atoms with van der Waals surface area (Å²) in [5.74, 6) is -0.907. The van der Waals surface area contributed by atoms with Gasteiger partial charge in [-0.2, -0.15) is 0 Å². The van der Waals surface area contributed by atoms with E-state index in [0.717, 1.165) is 6.08 Å². The van der Waals surface area contributed by atoms with E-state index in [1.54, 1.807) is 42.5 Å². The smallest absolute Gasteiger partial charge is 0.330 e. The van der Waals surface area contributed by atoms with E-state index in [4.69, 9.17) is 9.47 Å². The van der Waals surface area contributed by atoms with Crippen molar-refractivity contribution in [3.63, 3.8) is 0 Å². The summed E-state index contributed by atoms with van der Waals surface area (Å²) in [6.07, 6.45) is 6.69. The first-order valence-electron chi connectivity index (χ1n) is 7.17. The summed E-state index contributed by atoms with van der Waals surface area (Å²) in [7, 11) is 0. The number of rotatable bonds is 7. The summed E-state index contributed by atoms with van der Waals surface area (Å²) in [4.78, 5) is 23.2. The Labute approximate surface area is 134 Å². The van der Waals surface area contributed by atoms with E-state index in [0.29, 0.717) is 5.56 Å². The number of ketones is 1. The average Bonchev–Trinajstić information content (AvgIpc) is 2.60. The van der Waals surface area contributed by atoms with Crippen molar-refractivity contribution in [3.05, 3.63) is 72.9 Å². The first-order chi connectivity index (χ1) is 11.0. The molecule has 0 spiro atoms. The van der Waals surface area contributed by atoms with Gasteiger partial charge in [0.1, 0.15) is 6.61 Å². The normalized spacial score (nSPS) is 22.6. The molecule has 0 fully saturated rings. The molecule has 5 heteroatoms. The number of carbonyl (C=O) groups excluding carboxylic acids is 2. The standard InChI is InChI=1S/C18H18O5/c1-2-16(19)23-13-12-22-15-8-10-18(21,11-9-15)17(20)14-6-4-3-5-7-14/h2-11,15,21H,1,12-13H2. The zero-order valence-electron chi connectivity index (χ0n) is 12.6. The van der Waals surface area contributed by atoms with Crippen molar-refractivity contribution in [2.24, 2.45) is 0 Å². The minimum Gasteiger partial charge on any atom is -0.460 e. The molecule has 0 unspecified atom stereocenters. The lowest BCUT2D eigenvalue weighted by molar-refractivity contribution is -0.139. The van der Waals surface area contributed by atoms with Crippen LogP contribution in [-0.2, 0) is 14.3 Å². The van der Waals surface area contributed by atoms with E-state index in [9.17, 15) is 14.7 Å². The van der Waals surface area contributed by atoms with Crippen molar-refractivity contribution < 1.29 is 24.2 Å². The Morgan fingerprint density at radius 2 is 1.83 bits per heavy atom. The van der Waals surface area contributed by atoms with Gasteiger partial charge in [0, 0.05) is 11.6 Å². The fourth-order valence-corrected chi connectivity index (χ4v) is 2.07. The van der Waals surface area contributed by atoms with Gasteiger partial charge in [-0.3, -0.25) is 4.79 Å². The van der Waals surface area contributed by atoms with Crippen molar-refractivity contribution in [2.45, 2.75) is 11.7 Å². The van der Waals surface area contributed by atoms with Crippen LogP contribution in [0.15, 0.2) is 67.3 Å². The number of hydrogen-bond donors (Lipinski definition) is 1. The van der Waals surface area contributed by atoms with Gasteiger partial charge >= 0.3 is 5.97 Å². The third-order valence-electron chi connectivity index (χ3n) is 3.28. The van der Waals surface area contributed by atoms with Crippen molar-refractivity contribution in [2.75, 3.05) is 13.2 Å². The number of Topliss-reactive ketones (excluding diaryl/α,β-unsaturated/α-hetero) is 1. The second-order valence-corrected chi connectivity index (χ2v) is 4.95. The minimum absolute atomic E-state index is 0.107. The Morgan fingerprint density at radius 1 is 1.17 bits per heavy atom. The Hall–Kier alpha value is -2.50. The maximum atomic E-state index is 12.3. The van der Waals surface area contributed by atoms with Crippen molar-refractivity contribution in [1.29, 1.82) is 0 Å². The Balaban J connectivity index is 1.88. The zero-order valence-corrected chi connectivity index (χ0v) is 12.6. The van der Waals surface area contributed by atoms with E-state index in [-0.39, 0.29) is 19.3 Å². The number of esters is 1. The van der Waals surface area contributed by atoms with Gasteiger partial charge in [0.05, 0.1) is 12.7 Å². The van der Waals surface area contributed by atoms with Crippen molar-refractivity contribution in [3.8, 4) is 0 Å². The van der Waals surface area contributed by atoms with E-state index in [1.165, 1.54) is 12.2 Å². The van der Waals surface area contributed by atoms with Crippen LogP contribution in [0.1, 0.15) is 10.4 Å². The van der Waals surface area contributed by atoms with E-state index < -0.39 is 17.4 Å². The Morgan fingerprint density at radius 3 is 2.43 bits per heavy atom. The topological polar surface area (TPSA) is 72.8 Å². The molecule has 1 aliphatic rings. The maximum absolute atomic E-state index is 12.3. The van der Waals surface area contributed by atoms with Gasteiger partial charge in [-0.15, -0.1) is 0 Å². The lowest BCUT2D eigenvalue weighted by atomic mass is 9.88. The second-order valence-electron chi connectivity index (χ2n) is 4.95. The average molecular weight is 314 g/mol. The second kappa shape index (κ2) is 7.67. The fraction of sp³-hybridized carbons (Fsp3) is 0.222. The van der Waals surface area contributed by atoms with Gasteiger partial charge in [-0.1, -0.05) is 49.1 Å². The minimum atomic E-state index is -1.67. The molecule has 1 aromatic rings. The lowest BCUT2D eigenvalue weighted by Gasteiger charge is -2.24. The van der Waals surface area contributed by atoms with Crippen LogP contribution in [0.4, 0.5) is 0 Å². The predicted molar refractivity (Wildman–Crippen MR) is 84.9 cm³/mol.